The number of carbonyl (C=O) groups is 2. The van der Waals surface area contributed by atoms with E-state index in [1.54, 1.807) is 6.92 Å². The summed E-state index contributed by atoms with van der Waals surface area (Å²) < 4.78 is 26.0. The molecule has 2 amide bonds. The van der Waals surface area contributed by atoms with Crippen LogP contribution in [0.15, 0.2) is 30.6 Å². The van der Waals surface area contributed by atoms with E-state index in [1.165, 1.54) is 18.5 Å². The highest BCUT2D eigenvalue weighted by molar-refractivity contribution is 6.03. The summed E-state index contributed by atoms with van der Waals surface area (Å²) in [7, 11) is 0. The van der Waals surface area contributed by atoms with Crippen LogP contribution in [0, 0.1) is 11.6 Å². The van der Waals surface area contributed by atoms with Crippen LogP contribution >= 0.6 is 0 Å². The Morgan fingerprint density at radius 1 is 1.17 bits per heavy atom. The Morgan fingerprint density at radius 3 is 2.46 bits per heavy atom. The van der Waals surface area contributed by atoms with Gasteiger partial charge in [0, 0.05) is 18.4 Å². The van der Waals surface area contributed by atoms with E-state index in [0.29, 0.717) is 18.4 Å². The van der Waals surface area contributed by atoms with E-state index in [0.717, 1.165) is 12.1 Å². The molecule has 1 heterocycles. The monoisotopic (exact) mass is 334 g/mol. The second kappa shape index (κ2) is 7.58. The van der Waals surface area contributed by atoms with Gasteiger partial charge in [0.25, 0.3) is 11.8 Å². The third kappa shape index (κ3) is 4.31. The molecule has 0 aliphatic carbocycles. The third-order valence-corrected chi connectivity index (χ3v) is 3.37. The zero-order valence-electron chi connectivity index (χ0n) is 12.9. The van der Waals surface area contributed by atoms with Crippen LogP contribution < -0.4 is 11.1 Å². The molecule has 2 rings (SSSR count). The van der Waals surface area contributed by atoms with E-state index in [4.69, 9.17) is 5.73 Å². The van der Waals surface area contributed by atoms with Crippen LogP contribution in [0.25, 0.3) is 0 Å². The Morgan fingerprint density at radius 2 is 1.83 bits per heavy atom. The summed E-state index contributed by atoms with van der Waals surface area (Å²) in [6, 6.07) is 3.39. The van der Waals surface area contributed by atoms with Gasteiger partial charge in [-0.1, -0.05) is 6.07 Å². The second-order valence-corrected chi connectivity index (χ2v) is 5.28. The van der Waals surface area contributed by atoms with Crippen molar-refractivity contribution in [1.29, 1.82) is 0 Å². The molecule has 0 bridgehead atoms. The number of benzene rings is 1. The predicted molar refractivity (Wildman–Crippen MR) is 82.2 cm³/mol. The van der Waals surface area contributed by atoms with Gasteiger partial charge in [0.05, 0.1) is 0 Å². The first-order valence-electron chi connectivity index (χ1n) is 7.24. The average Bonchev–Trinajstić information content (AvgIpc) is 2.55. The molecule has 0 fully saturated rings. The first-order chi connectivity index (χ1) is 11.4. The van der Waals surface area contributed by atoms with Gasteiger partial charge in [-0.05, 0) is 37.5 Å². The quantitative estimate of drug-likeness (QED) is 0.838. The maximum atomic E-state index is 13.2. The third-order valence-electron chi connectivity index (χ3n) is 3.37. The summed E-state index contributed by atoms with van der Waals surface area (Å²) in [6.07, 6.45) is 3.49. The summed E-state index contributed by atoms with van der Waals surface area (Å²) in [5.74, 6) is -3.23. The second-order valence-electron chi connectivity index (χ2n) is 5.28. The molecule has 0 saturated heterocycles. The van der Waals surface area contributed by atoms with Crippen molar-refractivity contribution in [2.24, 2.45) is 5.73 Å². The lowest BCUT2D eigenvalue weighted by molar-refractivity contribution is 0.0916. The molecule has 1 aromatic heterocycles. The fourth-order valence-corrected chi connectivity index (χ4v) is 2.13. The van der Waals surface area contributed by atoms with Gasteiger partial charge in [-0.3, -0.25) is 9.59 Å². The van der Waals surface area contributed by atoms with E-state index in [-0.39, 0.29) is 17.4 Å². The van der Waals surface area contributed by atoms with Gasteiger partial charge in [-0.15, -0.1) is 0 Å². The number of aromatic nitrogens is 2. The molecule has 0 saturated carbocycles. The summed E-state index contributed by atoms with van der Waals surface area (Å²) >= 11 is 0. The van der Waals surface area contributed by atoms with Crippen molar-refractivity contribution >= 4 is 11.8 Å². The van der Waals surface area contributed by atoms with Crippen LogP contribution in [-0.2, 0) is 6.42 Å². The molecule has 24 heavy (non-hydrogen) atoms. The molecule has 0 radical (unpaired) electrons. The van der Waals surface area contributed by atoms with Gasteiger partial charge in [0.15, 0.2) is 23.0 Å². The minimum absolute atomic E-state index is 0.148. The molecule has 8 heteroatoms. The normalized spacial score (nSPS) is 11.8. The molecule has 2 aromatic rings. The van der Waals surface area contributed by atoms with Crippen molar-refractivity contribution in [3.8, 4) is 0 Å². The molecule has 0 aliphatic heterocycles. The minimum Gasteiger partial charge on any atom is -0.364 e. The van der Waals surface area contributed by atoms with E-state index in [9.17, 15) is 18.4 Å². The largest absolute Gasteiger partial charge is 0.364 e. The number of halogens is 2. The van der Waals surface area contributed by atoms with Crippen LogP contribution in [0.5, 0.6) is 0 Å². The fourth-order valence-electron chi connectivity index (χ4n) is 2.13. The van der Waals surface area contributed by atoms with Crippen molar-refractivity contribution in [2.75, 3.05) is 0 Å². The first kappa shape index (κ1) is 17.5. The van der Waals surface area contributed by atoms with Crippen LogP contribution in [-0.4, -0.2) is 27.8 Å². The predicted octanol–water partition coefficient (Wildman–Crippen LogP) is 1.60. The number of amides is 2. The summed E-state index contributed by atoms with van der Waals surface area (Å²) in [5.41, 5.74) is 5.42. The molecule has 0 aliphatic rings. The van der Waals surface area contributed by atoms with Crippen molar-refractivity contribution in [3.63, 3.8) is 0 Å². The number of nitrogens with two attached hydrogens (primary N) is 1. The molecular weight excluding hydrogens is 318 g/mol. The van der Waals surface area contributed by atoms with Crippen LogP contribution in [0.2, 0.25) is 0 Å². The van der Waals surface area contributed by atoms with Crippen molar-refractivity contribution in [1.82, 2.24) is 15.3 Å². The Balaban J connectivity index is 1.97. The van der Waals surface area contributed by atoms with Crippen molar-refractivity contribution in [3.05, 3.63) is 59.2 Å². The first-order valence-corrected chi connectivity index (χ1v) is 7.24. The summed E-state index contributed by atoms with van der Waals surface area (Å²) in [4.78, 5) is 31.0. The highest BCUT2D eigenvalue weighted by atomic mass is 19.2. The standard InChI is InChI=1S/C16H16F2N4O2/c1-9(2-3-10-4-5-11(17)12(18)8-10)22-16(24)14-13(15(19)23)20-6-7-21-14/h4-9H,2-3H2,1H3,(H2,19,23)(H,22,24)/t9-/m0/s1. The van der Waals surface area contributed by atoms with Gasteiger partial charge in [-0.25, -0.2) is 18.7 Å². The molecule has 0 unspecified atom stereocenters. The molecule has 1 aromatic carbocycles. The number of carbonyl (C=O) groups excluding carboxylic acids is 2. The van der Waals surface area contributed by atoms with Gasteiger partial charge in [0.1, 0.15) is 0 Å². The number of nitrogens with one attached hydrogen (secondary N) is 1. The average molecular weight is 334 g/mol. The van der Waals surface area contributed by atoms with E-state index in [2.05, 4.69) is 15.3 Å². The molecule has 0 spiro atoms. The SMILES string of the molecule is C[C@@H](CCc1ccc(F)c(F)c1)NC(=O)c1nccnc1C(N)=O. The summed E-state index contributed by atoms with van der Waals surface area (Å²) in [5, 5.41) is 2.67. The lowest BCUT2D eigenvalue weighted by atomic mass is 10.1. The Hall–Kier alpha value is -2.90. The van der Waals surface area contributed by atoms with Gasteiger partial charge >= 0.3 is 0 Å². The highest BCUT2D eigenvalue weighted by Crippen LogP contribution is 2.11. The fraction of sp³-hybridized carbons (Fsp3) is 0.250. The van der Waals surface area contributed by atoms with Gasteiger partial charge < -0.3 is 11.1 Å². The topological polar surface area (TPSA) is 98.0 Å². The molecule has 6 nitrogen and oxygen atoms in total. The van der Waals surface area contributed by atoms with E-state index >= 15 is 0 Å². The summed E-state index contributed by atoms with van der Waals surface area (Å²) in [6.45, 7) is 1.75. The van der Waals surface area contributed by atoms with Crippen LogP contribution in [0.4, 0.5) is 8.78 Å². The lowest BCUT2D eigenvalue weighted by Gasteiger charge is -2.14. The van der Waals surface area contributed by atoms with Crippen LogP contribution in [0.1, 0.15) is 39.9 Å². The Bertz CT molecular complexity index is 767. The maximum Gasteiger partial charge on any atom is 0.272 e. The van der Waals surface area contributed by atoms with Crippen LogP contribution in [0.3, 0.4) is 0 Å². The Labute approximate surface area is 137 Å². The highest BCUT2D eigenvalue weighted by Gasteiger charge is 2.19. The van der Waals surface area contributed by atoms with E-state index in [1.807, 2.05) is 0 Å². The number of primary amides is 1. The van der Waals surface area contributed by atoms with Crippen molar-refractivity contribution < 1.29 is 18.4 Å². The smallest absolute Gasteiger partial charge is 0.272 e. The number of nitrogens with zero attached hydrogens (tertiary/aromatic N) is 2. The molecule has 3 N–H and O–H groups in total. The number of aryl methyl sites for hydroxylation is 1. The molecular formula is C16H16F2N4O2. The maximum absolute atomic E-state index is 13.2. The minimum atomic E-state index is -0.908. The zero-order valence-corrected chi connectivity index (χ0v) is 12.9. The Kier molecular flexibility index (Phi) is 5.51. The zero-order chi connectivity index (χ0) is 17.7. The number of hydrogen-bond donors (Lipinski definition) is 2. The number of hydrogen-bond acceptors (Lipinski definition) is 4. The van der Waals surface area contributed by atoms with Crippen molar-refractivity contribution in [2.45, 2.75) is 25.8 Å². The number of rotatable bonds is 6. The lowest BCUT2D eigenvalue weighted by Crippen LogP contribution is -2.35. The molecule has 1 atom stereocenters. The molecule has 126 valence electrons. The van der Waals surface area contributed by atoms with E-state index < -0.39 is 23.4 Å². The van der Waals surface area contributed by atoms with Gasteiger partial charge in [0.2, 0.25) is 0 Å². The van der Waals surface area contributed by atoms with Gasteiger partial charge in [-0.2, -0.15) is 0 Å².